The van der Waals surface area contributed by atoms with E-state index < -0.39 is 0 Å². The molecule has 5 heteroatoms. The molecule has 0 amide bonds. The Morgan fingerprint density at radius 2 is 1.75 bits per heavy atom. The Morgan fingerprint density at radius 1 is 0.938 bits per heavy atom. The molecule has 2 aromatic heterocycles. The van der Waals surface area contributed by atoms with Gasteiger partial charge in [0.05, 0.1) is 0 Å². The van der Waals surface area contributed by atoms with Gasteiger partial charge in [0.15, 0.2) is 5.82 Å². The van der Waals surface area contributed by atoms with E-state index in [0.717, 1.165) is 41.3 Å². The van der Waals surface area contributed by atoms with E-state index in [1.54, 1.807) is 0 Å². The second kappa shape index (κ2) is 9.05. The highest BCUT2D eigenvalue weighted by molar-refractivity contribution is 5.90. The van der Waals surface area contributed by atoms with Crippen molar-refractivity contribution in [2.24, 2.45) is 0 Å². The van der Waals surface area contributed by atoms with Gasteiger partial charge >= 0.3 is 0 Å². The average Bonchev–Trinajstić information content (AvgIpc) is 3.31. The Labute approximate surface area is 189 Å². The molecule has 2 aromatic carbocycles. The van der Waals surface area contributed by atoms with Crippen molar-refractivity contribution in [2.75, 3.05) is 18.0 Å². The fourth-order valence-corrected chi connectivity index (χ4v) is 4.54. The van der Waals surface area contributed by atoms with E-state index in [9.17, 15) is 0 Å². The standard InChI is InChI=1S/C27H29N5/c1-19(2)29-18-24-8-5-15-32(24)26-17-25(21-11-13-28-14-12-21)27(31-30-26)23-10-9-20-6-3-4-7-22(20)16-23/h3-4,6-7,9-14,16-17,19,24,29H,5,8,15,18H2,1-2H3/t24-/m1/s1. The monoisotopic (exact) mass is 423 g/mol. The lowest BCUT2D eigenvalue weighted by Crippen LogP contribution is -2.40. The summed E-state index contributed by atoms with van der Waals surface area (Å²) in [6, 6.07) is 22.2. The van der Waals surface area contributed by atoms with Crippen LogP contribution in [0.15, 0.2) is 73.1 Å². The van der Waals surface area contributed by atoms with Crippen molar-refractivity contribution in [3.63, 3.8) is 0 Å². The molecule has 162 valence electrons. The van der Waals surface area contributed by atoms with Gasteiger partial charge in [0.25, 0.3) is 0 Å². The number of nitrogens with one attached hydrogen (secondary N) is 1. The Balaban J connectivity index is 1.57. The molecular formula is C27H29N5. The number of benzene rings is 2. The molecule has 5 nitrogen and oxygen atoms in total. The molecule has 0 radical (unpaired) electrons. The minimum atomic E-state index is 0.448. The summed E-state index contributed by atoms with van der Waals surface area (Å²) in [4.78, 5) is 6.63. The predicted octanol–water partition coefficient (Wildman–Crippen LogP) is 5.33. The van der Waals surface area contributed by atoms with E-state index in [1.807, 2.05) is 24.5 Å². The van der Waals surface area contributed by atoms with Gasteiger partial charge in [-0.3, -0.25) is 4.98 Å². The lowest BCUT2D eigenvalue weighted by Gasteiger charge is -2.27. The summed E-state index contributed by atoms with van der Waals surface area (Å²) >= 11 is 0. The van der Waals surface area contributed by atoms with E-state index in [0.29, 0.717) is 12.1 Å². The maximum Gasteiger partial charge on any atom is 0.152 e. The normalized spacial score (nSPS) is 16.2. The fraction of sp³-hybridized carbons (Fsp3) is 0.296. The minimum Gasteiger partial charge on any atom is -0.351 e. The first-order valence-corrected chi connectivity index (χ1v) is 11.5. The third-order valence-electron chi connectivity index (χ3n) is 6.23. The van der Waals surface area contributed by atoms with Crippen LogP contribution >= 0.6 is 0 Å². The van der Waals surface area contributed by atoms with Crippen LogP contribution in [0.5, 0.6) is 0 Å². The smallest absolute Gasteiger partial charge is 0.152 e. The zero-order valence-electron chi connectivity index (χ0n) is 18.7. The van der Waals surface area contributed by atoms with E-state index in [2.05, 4.69) is 77.6 Å². The van der Waals surface area contributed by atoms with Gasteiger partial charge in [-0.25, -0.2) is 0 Å². The van der Waals surface area contributed by atoms with Crippen LogP contribution in [0.25, 0.3) is 33.2 Å². The van der Waals surface area contributed by atoms with Gasteiger partial charge < -0.3 is 10.2 Å². The van der Waals surface area contributed by atoms with Crippen molar-refractivity contribution in [1.82, 2.24) is 20.5 Å². The zero-order chi connectivity index (χ0) is 21.9. The molecule has 1 aliphatic rings. The zero-order valence-corrected chi connectivity index (χ0v) is 18.7. The van der Waals surface area contributed by atoms with Crippen molar-refractivity contribution in [3.8, 4) is 22.4 Å². The van der Waals surface area contributed by atoms with Crippen LogP contribution in [0.3, 0.4) is 0 Å². The summed E-state index contributed by atoms with van der Waals surface area (Å²) in [5.74, 6) is 0.953. The van der Waals surface area contributed by atoms with Crippen LogP contribution in [0.1, 0.15) is 26.7 Å². The molecule has 5 rings (SSSR count). The largest absolute Gasteiger partial charge is 0.351 e. The van der Waals surface area contributed by atoms with Crippen molar-refractivity contribution < 1.29 is 0 Å². The van der Waals surface area contributed by atoms with Gasteiger partial charge in [-0.2, -0.15) is 0 Å². The molecule has 1 aliphatic heterocycles. The van der Waals surface area contributed by atoms with E-state index in [-0.39, 0.29) is 0 Å². The lowest BCUT2D eigenvalue weighted by molar-refractivity contribution is 0.522. The first-order valence-electron chi connectivity index (χ1n) is 11.5. The topological polar surface area (TPSA) is 53.9 Å². The summed E-state index contributed by atoms with van der Waals surface area (Å²) in [6.45, 7) is 6.37. The Morgan fingerprint density at radius 3 is 2.56 bits per heavy atom. The maximum atomic E-state index is 4.77. The van der Waals surface area contributed by atoms with Crippen molar-refractivity contribution in [3.05, 3.63) is 73.1 Å². The number of nitrogens with zero attached hydrogens (tertiary/aromatic N) is 4. The molecule has 1 N–H and O–H groups in total. The number of aromatic nitrogens is 3. The molecule has 4 aromatic rings. The van der Waals surface area contributed by atoms with Crippen LogP contribution in [-0.2, 0) is 0 Å². The molecule has 0 spiro atoms. The Kier molecular flexibility index (Phi) is 5.82. The van der Waals surface area contributed by atoms with Crippen molar-refractivity contribution >= 4 is 16.6 Å². The first-order chi connectivity index (χ1) is 15.7. The van der Waals surface area contributed by atoms with E-state index in [4.69, 9.17) is 10.2 Å². The molecule has 32 heavy (non-hydrogen) atoms. The lowest BCUT2D eigenvalue weighted by atomic mass is 9.98. The van der Waals surface area contributed by atoms with Crippen LogP contribution in [0.2, 0.25) is 0 Å². The van der Waals surface area contributed by atoms with Gasteiger partial charge in [-0.1, -0.05) is 50.2 Å². The van der Waals surface area contributed by atoms with Gasteiger partial charge in [-0.05, 0) is 53.4 Å². The first kappa shape index (κ1) is 20.6. The molecule has 1 fully saturated rings. The third-order valence-corrected chi connectivity index (χ3v) is 6.23. The van der Waals surface area contributed by atoms with E-state index in [1.165, 1.54) is 23.6 Å². The summed E-state index contributed by atoms with van der Waals surface area (Å²) in [5, 5.41) is 15.5. The molecule has 0 aliphatic carbocycles. The molecular weight excluding hydrogens is 394 g/mol. The summed E-state index contributed by atoms with van der Waals surface area (Å²) < 4.78 is 0. The summed E-state index contributed by atoms with van der Waals surface area (Å²) in [6.07, 6.45) is 6.04. The highest BCUT2D eigenvalue weighted by atomic mass is 15.3. The molecule has 0 saturated carbocycles. The molecule has 0 bridgehead atoms. The number of fused-ring (bicyclic) bond motifs is 1. The van der Waals surface area contributed by atoms with Gasteiger partial charge in [-0.15, -0.1) is 10.2 Å². The second-order valence-electron chi connectivity index (χ2n) is 8.82. The van der Waals surface area contributed by atoms with Crippen LogP contribution in [0.4, 0.5) is 5.82 Å². The van der Waals surface area contributed by atoms with Crippen LogP contribution in [0, 0.1) is 0 Å². The third kappa shape index (κ3) is 4.21. The maximum absolute atomic E-state index is 4.77. The number of rotatable bonds is 6. The van der Waals surface area contributed by atoms with Crippen molar-refractivity contribution in [2.45, 2.75) is 38.8 Å². The Bertz CT molecular complexity index is 1210. The molecule has 1 atom stereocenters. The van der Waals surface area contributed by atoms with Gasteiger partial charge in [0.2, 0.25) is 0 Å². The van der Waals surface area contributed by atoms with Gasteiger partial charge in [0, 0.05) is 48.7 Å². The van der Waals surface area contributed by atoms with Gasteiger partial charge in [0.1, 0.15) is 5.69 Å². The minimum absolute atomic E-state index is 0.448. The molecule has 0 unspecified atom stereocenters. The molecule has 1 saturated heterocycles. The van der Waals surface area contributed by atoms with Crippen LogP contribution < -0.4 is 10.2 Å². The van der Waals surface area contributed by atoms with E-state index >= 15 is 0 Å². The quantitative estimate of drug-likeness (QED) is 0.454. The van der Waals surface area contributed by atoms with Crippen LogP contribution in [-0.4, -0.2) is 40.4 Å². The van der Waals surface area contributed by atoms with Crippen molar-refractivity contribution in [1.29, 1.82) is 0 Å². The summed E-state index contributed by atoms with van der Waals surface area (Å²) in [5.41, 5.74) is 4.18. The number of hydrogen-bond donors (Lipinski definition) is 1. The summed E-state index contributed by atoms with van der Waals surface area (Å²) in [7, 11) is 0. The predicted molar refractivity (Wildman–Crippen MR) is 132 cm³/mol. The fourth-order valence-electron chi connectivity index (χ4n) is 4.54. The number of pyridine rings is 1. The highest BCUT2D eigenvalue weighted by Gasteiger charge is 2.27. The highest BCUT2D eigenvalue weighted by Crippen LogP contribution is 2.35. The second-order valence-corrected chi connectivity index (χ2v) is 8.82. The SMILES string of the molecule is CC(C)NC[C@H]1CCCN1c1cc(-c2ccncc2)c(-c2ccc3ccccc3c2)nn1. The number of hydrogen-bond acceptors (Lipinski definition) is 5. The average molecular weight is 424 g/mol. The molecule has 3 heterocycles. The Hall–Kier alpha value is -3.31. The number of anilines is 1.